The fraction of sp³-hybridized carbons (Fsp3) is 0.600. The van der Waals surface area contributed by atoms with Gasteiger partial charge in [0.05, 0.1) is 6.17 Å². The van der Waals surface area contributed by atoms with Crippen LogP contribution in [0.3, 0.4) is 0 Å². The van der Waals surface area contributed by atoms with E-state index < -0.39 is 12.2 Å². The van der Waals surface area contributed by atoms with Crippen LogP contribution in [0.5, 0.6) is 5.75 Å². The van der Waals surface area contributed by atoms with E-state index in [1.807, 2.05) is 4.90 Å². The number of nitrogens with one attached hydrogen (secondary N) is 2. The van der Waals surface area contributed by atoms with Crippen molar-refractivity contribution in [1.29, 1.82) is 0 Å². The van der Waals surface area contributed by atoms with Crippen molar-refractivity contribution >= 4 is 17.7 Å². The number of likely N-dealkylation sites (tertiary alicyclic amines) is 2. The van der Waals surface area contributed by atoms with Gasteiger partial charge >= 0.3 is 6.09 Å². The SMILES string of the molecule is CC1Nc2ccccc2CCN1C1CCN(C(=O)OC(Cc2ccc(O)cc2)C(=O)N2CCC(C3CCNCC3)CC2)CC1. The smallest absolute Gasteiger partial charge is 0.410 e. The first-order valence-electron chi connectivity index (χ1n) is 16.8. The van der Waals surface area contributed by atoms with E-state index in [1.54, 1.807) is 29.2 Å². The average Bonchev–Trinajstić information content (AvgIpc) is 3.23. The Morgan fingerprint density at radius 1 is 0.864 bits per heavy atom. The molecule has 4 aliphatic rings. The van der Waals surface area contributed by atoms with Crippen LogP contribution in [0, 0.1) is 11.8 Å². The fourth-order valence-corrected chi connectivity index (χ4v) is 7.84. The molecule has 2 aromatic rings. The van der Waals surface area contributed by atoms with Gasteiger partial charge < -0.3 is 30.3 Å². The van der Waals surface area contributed by atoms with Crippen LogP contribution in [0.1, 0.15) is 56.6 Å². The van der Waals surface area contributed by atoms with Crippen LogP contribution in [0.25, 0.3) is 0 Å². The Labute approximate surface area is 261 Å². The van der Waals surface area contributed by atoms with E-state index in [9.17, 15) is 14.7 Å². The minimum atomic E-state index is -0.881. The highest BCUT2D eigenvalue weighted by atomic mass is 16.6. The lowest BCUT2D eigenvalue weighted by Gasteiger charge is -2.41. The summed E-state index contributed by atoms with van der Waals surface area (Å²) in [6, 6.07) is 15.7. The molecule has 3 N–H and O–H groups in total. The number of carbonyl (C=O) groups excluding carboxylic acids is 2. The normalized spacial score (nSPS) is 23.3. The highest BCUT2D eigenvalue weighted by molar-refractivity contribution is 5.84. The molecule has 2 aromatic carbocycles. The van der Waals surface area contributed by atoms with Crippen molar-refractivity contribution < 1.29 is 19.4 Å². The predicted molar refractivity (Wildman–Crippen MR) is 172 cm³/mol. The summed E-state index contributed by atoms with van der Waals surface area (Å²) in [6.07, 6.45) is 6.45. The summed E-state index contributed by atoms with van der Waals surface area (Å²) in [5.74, 6) is 1.48. The quantitative estimate of drug-likeness (QED) is 0.449. The number of fused-ring (bicyclic) bond motifs is 1. The summed E-state index contributed by atoms with van der Waals surface area (Å²) in [4.78, 5) is 33.6. The van der Waals surface area contributed by atoms with Crippen molar-refractivity contribution in [3.05, 3.63) is 59.7 Å². The number of phenolic OH excluding ortho intramolecular Hbond substituents is 1. The number of rotatable bonds is 6. The van der Waals surface area contributed by atoms with E-state index in [1.165, 1.54) is 24.1 Å². The lowest BCUT2D eigenvalue weighted by molar-refractivity contribution is -0.142. The second-order valence-corrected chi connectivity index (χ2v) is 13.2. The lowest BCUT2D eigenvalue weighted by atomic mass is 9.79. The van der Waals surface area contributed by atoms with Crippen molar-refractivity contribution in [3.63, 3.8) is 0 Å². The Bertz CT molecular complexity index is 1250. The zero-order valence-corrected chi connectivity index (χ0v) is 26.1. The van der Waals surface area contributed by atoms with Crippen LogP contribution >= 0.6 is 0 Å². The molecule has 0 bridgehead atoms. The van der Waals surface area contributed by atoms with E-state index >= 15 is 0 Å². The van der Waals surface area contributed by atoms with Gasteiger partial charge in [-0.3, -0.25) is 9.69 Å². The topological polar surface area (TPSA) is 97.4 Å². The van der Waals surface area contributed by atoms with Crippen LogP contribution in [0.15, 0.2) is 48.5 Å². The number of anilines is 1. The number of hydrogen-bond donors (Lipinski definition) is 3. The molecule has 4 aliphatic heterocycles. The number of piperidine rings is 3. The van der Waals surface area contributed by atoms with E-state index in [0.717, 1.165) is 63.2 Å². The van der Waals surface area contributed by atoms with Crippen LogP contribution in [0.4, 0.5) is 10.5 Å². The fourth-order valence-electron chi connectivity index (χ4n) is 7.84. The minimum Gasteiger partial charge on any atom is -0.508 e. The molecule has 0 spiro atoms. The van der Waals surface area contributed by atoms with E-state index in [-0.39, 0.29) is 17.8 Å². The number of aromatic hydroxyl groups is 1. The number of hydrogen-bond acceptors (Lipinski definition) is 7. The van der Waals surface area contributed by atoms with Crippen molar-refractivity contribution in [2.45, 2.75) is 76.6 Å². The molecule has 2 atom stereocenters. The number of ether oxygens (including phenoxy) is 1. The van der Waals surface area contributed by atoms with Crippen LogP contribution in [-0.4, -0.2) is 95.9 Å². The predicted octanol–water partition coefficient (Wildman–Crippen LogP) is 4.46. The van der Waals surface area contributed by atoms with Crippen molar-refractivity contribution in [2.75, 3.05) is 51.1 Å². The van der Waals surface area contributed by atoms with Crippen LogP contribution < -0.4 is 10.6 Å². The zero-order valence-electron chi connectivity index (χ0n) is 26.1. The van der Waals surface area contributed by atoms with Crippen molar-refractivity contribution in [3.8, 4) is 5.75 Å². The van der Waals surface area contributed by atoms with E-state index in [0.29, 0.717) is 44.6 Å². The van der Waals surface area contributed by atoms with E-state index in [2.05, 4.69) is 46.7 Å². The molecule has 9 heteroatoms. The molecule has 3 fully saturated rings. The maximum Gasteiger partial charge on any atom is 0.410 e. The van der Waals surface area contributed by atoms with Gasteiger partial charge in [0.2, 0.25) is 0 Å². The summed E-state index contributed by atoms with van der Waals surface area (Å²) in [7, 11) is 0. The third kappa shape index (κ3) is 7.32. The second kappa shape index (κ2) is 14.2. The number of amides is 2. The molecule has 0 saturated carbocycles. The highest BCUT2D eigenvalue weighted by Crippen LogP contribution is 2.32. The van der Waals surface area contributed by atoms with Gasteiger partial charge in [0.15, 0.2) is 6.10 Å². The molecule has 44 heavy (non-hydrogen) atoms. The van der Waals surface area contributed by atoms with Crippen molar-refractivity contribution in [2.24, 2.45) is 11.8 Å². The number of carbonyl (C=O) groups is 2. The third-order valence-corrected chi connectivity index (χ3v) is 10.5. The first kappa shape index (κ1) is 30.7. The Morgan fingerprint density at radius 3 is 2.25 bits per heavy atom. The van der Waals surface area contributed by atoms with Gasteiger partial charge in [0, 0.05) is 50.9 Å². The largest absolute Gasteiger partial charge is 0.508 e. The van der Waals surface area contributed by atoms with Crippen molar-refractivity contribution in [1.82, 2.24) is 20.0 Å². The maximum absolute atomic E-state index is 13.8. The molecule has 0 aromatic heterocycles. The van der Waals surface area contributed by atoms with Gasteiger partial charge in [-0.05, 0) is 106 Å². The van der Waals surface area contributed by atoms with Gasteiger partial charge in [-0.1, -0.05) is 30.3 Å². The molecule has 4 heterocycles. The summed E-state index contributed by atoms with van der Waals surface area (Å²) >= 11 is 0. The number of benzene rings is 2. The summed E-state index contributed by atoms with van der Waals surface area (Å²) in [5, 5.41) is 16.9. The Balaban J connectivity index is 1.05. The average molecular weight is 604 g/mol. The summed E-state index contributed by atoms with van der Waals surface area (Å²) in [6.45, 7) is 8.04. The Hall–Kier alpha value is -3.30. The maximum atomic E-state index is 13.8. The molecule has 238 valence electrons. The lowest BCUT2D eigenvalue weighted by Crippen LogP contribution is -2.52. The van der Waals surface area contributed by atoms with Crippen LogP contribution in [0.2, 0.25) is 0 Å². The second-order valence-electron chi connectivity index (χ2n) is 13.2. The molecule has 6 rings (SSSR count). The molecule has 0 aliphatic carbocycles. The molecule has 2 unspecified atom stereocenters. The molecule has 3 saturated heterocycles. The van der Waals surface area contributed by atoms with Gasteiger partial charge in [-0.15, -0.1) is 0 Å². The van der Waals surface area contributed by atoms with Gasteiger partial charge in [-0.2, -0.15) is 0 Å². The van der Waals surface area contributed by atoms with Gasteiger partial charge in [0.25, 0.3) is 5.91 Å². The molecule has 9 nitrogen and oxygen atoms in total. The van der Waals surface area contributed by atoms with E-state index in [4.69, 9.17) is 4.74 Å². The number of phenols is 1. The molecular formula is C35H49N5O4. The third-order valence-electron chi connectivity index (χ3n) is 10.5. The molecule has 2 amide bonds. The minimum absolute atomic E-state index is 0.103. The van der Waals surface area contributed by atoms with Gasteiger partial charge in [-0.25, -0.2) is 4.79 Å². The summed E-state index contributed by atoms with van der Waals surface area (Å²) in [5.41, 5.74) is 3.42. The Kier molecular flexibility index (Phi) is 9.92. The van der Waals surface area contributed by atoms with Gasteiger partial charge in [0.1, 0.15) is 5.75 Å². The first-order chi connectivity index (χ1) is 21.4. The zero-order chi connectivity index (χ0) is 30.5. The van der Waals surface area contributed by atoms with Crippen LogP contribution in [-0.2, 0) is 22.4 Å². The summed E-state index contributed by atoms with van der Waals surface area (Å²) < 4.78 is 6.05. The monoisotopic (exact) mass is 603 g/mol. The number of nitrogens with zero attached hydrogens (tertiary/aromatic N) is 3. The standard InChI is InChI=1S/C35H49N5O4/c1-25-37-32-5-3-2-4-29(32)14-23-40(25)30-15-21-39(22-16-30)35(43)44-33(24-26-6-8-31(41)9-7-26)34(42)38-19-12-28(13-20-38)27-10-17-36-18-11-27/h2-9,25,27-28,30,33,36-37,41H,10-24H2,1H3. The first-order valence-corrected chi connectivity index (χ1v) is 16.8. The molecule has 0 radical (unpaired) electrons. The molecular weight excluding hydrogens is 554 g/mol. The number of para-hydroxylation sites is 1. The Morgan fingerprint density at radius 2 is 1.52 bits per heavy atom. The highest BCUT2D eigenvalue weighted by Gasteiger charge is 2.36.